The maximum absolute atomic E-state index is 13.6. The van der Waals surface area contributed by atoms with Crippen LogP contribution in [0, 0.1) is 5.82 Å². The summed E-state index contributed by atoms with van der Waals surface area (Å²) in [6.07, 6.45) is 3.66. The fourth-order valence-electron chi connectivity index (χ4n) is 4.38. The predicted octanol–water partition coefficient (Wildman–Crippen LogP) is 4.73. The molecule has 0 radical (unpaired) electrons. The molecule has 2 aromatic carbocycles. The molecule has 0 spiro atoms. The standard InChI is InChI=1S/C26H21FN2O5/c1-33-18-8-9-20-19(13-18)16(14-28-20)10-11-29-23(15-4-6-17(27)7-5-15)22(25(31)26(29)32)24(30)21-3-2-12-34-21/h2-9,12-14,23,28,31H,10-11H2,1H3/t23-/m1/s1. The Kier molecular flexibility index (Phi) is 5.41. The second-order valence-corrected chi connectivity index (χ2v) is 8.00. The van der Waals surface area contributed by atoms with E-state index in [0.29, 0.717) is 17.7 Å². The van der Waals surface area contributed by atoms with E-state index < -0.39 is 29.3 Å². The average molecular weight is 460 g/mol. The highest BCUT2D eigenvalue weighted by atomic mass is 19.1. The van der Waals surface area contributed by atoms with Gasteiger partial charge in [-0.2, -0.15) is 0 Å². The van der Waals surface area contributed by atoms with Gasteiger partial charge in [0.1, 0.15) is 11.6 Å². The van der Waals surface area contributed by atoms with Crippen molar-refractivity contribution in [3.05, 3.63) is 101 Å². The lowest BCUT2D eigenvalue weighted by Crippen LogP contribution is -2.33. The Labute approximate surface area is 194 Å². The van der Waals surface area contributed by atoms with E-state index in [1.807, 2.05) is 24.4 Å². The van der Waals surface area contributed by atoms with E-state index in [4.69, 9.17) is 9.15 Å². The first-order valence-corrected chi connectivity index (χ1v) is 10.7. The van der Waals surface area contributed by atoms with Gasteiger partial charge in [-0.1, -0.05) is 12.1 Å². The van der Waals surface area contributed by atoms with Crippen LogP contribution in [0.3, 0.4) is 0 Å². The minimum absolute atomic E-state index is 0.00651. The van der Waals surface area contributed by atoms with Gasteiger partial charge >= 0.3 is 0 Å². The van der Waals surface area contributed by atoms with Crippen LogP contribution in [-0.4, -0.2) is 40.3 Å². The number of furan rings is 1. The number of aliphatic hydroxyl groups is 1. The molecule has 0 unspecified atom stereocenters. The Morgan fingerprint density at radius 2 is 2.00 bits per heavy atom. The normalized spacial score (nSPS) is 16.0. The maximum atomic E-state index is 13.6. The molecule has 7 nitrogen and oxygen atoms in total. The summed E-state index contributed by atoms with van der Waals surface area (Å²) in [6, 6.07) is 13.3. The van der Waals surface area contributed by atoms with Crippen LogP contribution in [0.1, 0.15) is 27.7 Å². The number of rotatable bonds is 7. The van der Waals surface area contributed by atoms with Gasteiger partial charge in [-0.05, 0) is 60.0 Å². The highest BCUT2D eigenvalue weighted by Gasteiger charge is 2.44. The molecule has 0 fully saturated rings. The van der Waals surface area contributed by atoms with Gasteiger partial charge in [0.05, 0.1) is 25.0 Å². The van der Waals surface area contributed by atoms with Crippen LogP contribution in [0.15, 0.2) is 82.8 Å². The number of carbonyl (C=O) groups excluding carboxylic acids is 2. The van der Waals surface area contributed by atoms with Crippen molar-refractivity contribution in [1.29, 1.82) is 0 Å². The first kappa shape index (κ1) is 21.5. The second kappa shape index (κ2) is 8.55. The summed E-state index contributed by atoms with van der Waals surface area (Å²) in [4.78, 5) is 30.9. The third kappa shape index (κ3) is 3.63. The lowest BCUT2D eigenvalue weighted by Gasteiger charge is -2.26. The van der Waals surface area contributed by atoms with Gasteiger partial charge in [0, 0.05) is 23.6 Å². The molecule has 1 amide bonds. The number of benzene rings is 2. The molecule has 2 aromatic heterocycles. The zero-order valence-electron chi connectivity index (χ0n) is 18.2. The Hall–Kier alpha value is -4.33. The molecule has 0 saturated heterocycles. The number of aliphatic hydroxyl groups excluding tert-OH is 1. The summed E-state index contributed by atoms with van der Waals surface area (Å²) < 4.78 is 24.1. The van der Waals surface area contributed by atoms with Gasteiger partial charge in [0.2, 0.25) is 5.78 Å². The minimum Gasteiger partial charge on any atom is -0.503 e. The Balaban J connectivity index is 1.50. The molecular weight excluding hydrogens is 439 g/mol. The van der Waals surface area contributed by atoms with Crippen molar-refractivity contribution < 1.29 is 28.2 Å². The number of nitrogens with zero attached hydrogens (tertiary/aromatic N) is 1. The lowest BCUT2D eigenvalue weighted by atomic mass is 9.95. The SMILES string of the molecule is COc1ccc2[nH]cc(CCN3C(=O)C(O)=C(C(=O)c4ccco4)[C@H]3c3ccc(F)cc3)c2c1. The van der Waals surface area contributed by atoms with E-state index in [9.17, 15) is 19.1 Å². The van der Waals surface area contributed by atoms with Crippen LogP contribution in [0.4, 0.5) is 4.39 Å². The first-order chi connectivity index (χ1) is 16.5. The summed E-state index contributed by atoms with van der Waals surface area (Å²) in [5.74, 6) is -1.62. The van der Waals surface area contributed by atoms with Crippen LogP contribution < -0.4 is 4.74 Å². The molecule has 0 saturated carbocycles. The van der Waals surface area contributed by atoms with E-state index >= 15 is 0 Å². The predicted molar refractivity (Wildman–Crippen MR) is 122 cm³/mol. The first-order valence-electron chi connectivity index (χ1n) is 10.7. The second-order valence-electron chi connectivity index (χ2n) is 8.00. The van der Waals surface area contributed by atoms with Crippen molar-refractivity contribution in [3.8, 4) is 5.75 Å². The van der Waals surface area contributed by atoms with Crippen molar-refractivity contribution in [2.75, 3.05) is 13.7 Å². The minimum atomic E-state index is -0.884. The van der Waals surface area contributed by atoms with Gasteiger partial charge in [0.25, 0.3) is 5.91 Å². The van der Waals surface area contributed by atoms with Crippen LogP contribution in [0.5, 0.6) is 5.75 Å². The molecule has 0 bridgehead atoms. The number of Topliss-reactive ketones (excluding diaryl/α,β-unsaturated/α-hetero) is 1. The number of ketones is 1. The van der Waals surface area contributed by atoms with Gasteiger partial charge in [-0.3, -0.25) is 9.59 Å². The molecule has 0 aliphatic carbocycles. The van der Waals surface area contributed by atoms with Gasteiger partial charge < -0.3 is 24.1 Å². The monoisotopic (exact) mass is 460 g/mol. The number of aromatic nitrogens is 1. The molecular formula is C26H21FN2O5. The van der Waals surface area contributed by atoms with E-state index in [-0.39, 0.29) is 17.9 Å². The lowest BCUT2D eigenvalue weighted by molar-refractivity contribution is -0.129. The van der Waals surface area contributed by atoms with E-state index in [1.54, 1.807) is 13.2 Å². The molecule has 1 atom stereocenters. The quantitative estimate of drug-likeness (QED) is 0.389. The number of hydrogen-bond donors (Lipinski definition) is 2. The third-order valence-electron chi connectivity index (χ3n) is 6.08. The maximum Gasteiger partial charge on any atom is 0.290 e. The molecule has 2 N–H and O–H groups in total. The average Bonchev–Trinajstić information content (AvgIpc) is 3.58. The zero-order chi connectivity index (χ0) is 23.8. The molecule has 3 heterocycles. The summed E-state index contributed by atoms with van der Waals surface area (Å²) in [7, 11) is 1.59. The summed E-state index contributed by atoms with van der Waals surface area (Å²) in [5, 5.41) is 11.7. The van der Waals surface area contributed by atoms with Crippen molar-refractivity contribution >= 4 is 22.6 Å². The molecule has 5 rings (SSSR count). The van der Waals surface area contributed by atoms with Crippen molar-refractivity contribution in [2.24, 2.45) is 0 Å². The number of amides is 1. The Morgan fingerprint density at radius 1 is 1.21 bits per heavy atom. The fourth-order valence-corrected chi connectivity index (χ4v) is 4.38. The molecule has 1 aliphatic heterocycles. The zero-order valence-corrected chi connectivity index (χ0v) is 18.2. The number of H-pyrrole nitrogens is 1. The van der Waals surface area contributed by atoms with Gasteiger partial charge in [-0.15, -0.1) is 0 Å². The van der Waals surface area contributed by atoms with Gasteiger partial charge in [-0.25, -0.2) is 4.39 Å². The highest BCUT2D eigenvalue weighted by Crippen LogP contribution is 2.39. The van der Waals surface area contributed by atoms with Crippen LogP contribution in [-0.2, 0) is 11.2 Å². The van der Waals surface area contributed by atoms with Crippen molar-refractivity contribution in [2.45, 2.75) is 12.5 Å². The molecule has 1 aliphatic rings. The molecule has 8 heteroatoms. The Bertz CT molecular complexity index is 1400. The number of carbonyl (C=O) groups is 2. The van der Waals surface area contributed by atoms with E-state index in [1.165, 1.54) is 41.5 Å². The van der Waals surface area contributed by atoms with Crippen LogP contribution in [0.25, 0.3) is 10.9 Å². The number of fused-ring (bicyclic) bond motifs is 1. The van der Waals surface area contributed by atoms with Crippen LogP contribution >= 0.6 is 0 Å². The highest BCUT2D eigenvalue weighted by molar-refractivity contribution is 6.15. The third-order valence-corrected chi connectivity index (χ3v) is 6.08. The summed E-state index contributed by atoms with van der Waals surface area (Å²) in [5.41, 5.74) is 2.29. The smallest absolute Gasteiger partial charge is 0.290 e. The number of ether oxygens (including phenoxy) is 1. The fraction of sp³-hybridized carbons (Fsp3) is 0.154. The number of hydrogen-bond acceptors (Lipinski definition) is 5. The topological polar surface area (TPSA) is 95.8 Å². The number of methoxy groups -OCH3 is 1. The van der Waals surface area contributed by atoms with Gasteiger partial charge in [0.15, 0.2) is 11.5 Å². The number of halogens is 1. The molecule has 172 valence electrons. The summed E-state index contributed by atoms with van der Waals surface area (Å²) in [6.45, 7) is 0.212. The molecule has 4 aromatic rings. The molecule has 34 heavy (non-hydrogen) atoms. The van der Waals surface area contributed by atoms with Crippen molar-refractivity contribution in [3.63, 3.8) is 0 Å². The van der Waals surface area contributed by atoms with E-state index in [2.05, 4.69) is 4.98 Å². The number of nitrogens with one attached hydrogen (secondary N) is 1. The van der Waals surface area contributed by atoms with E-state index in [0.717, 1.165) is 16.5 Å². The Morgan fingerprint density at radius 3 is 2.71 bits per heavy atom. The number of aromatic amines is 1. The summed E-state index contributed by atoms with van der Waals surface area (Å²) >= 11 is 0. The van der Waals surface area contributed by atoms with Crippen molar-refractivity contribution in [1.82, 2.24) is 9.88 Å². The van der Waals surface area contributed by atoms with Crippen LogP contribution in [0.2, 0.25) is 0 Å². The largest absolute Gasteiger partial charge is 0.503 e.